The second kappa shape index (κ2) is 10.1. The van der Waals surface area contributed by atoms with Crippen LogP contribution in [-0.2, 0) is 23.8 Å². The van der Waals surface area contributed by atoms with Gasteiger partial charge in [-0.25, -0.2) is 4.99 Å². The number of fused-ring (bicyclic) bond motifs is 1. The molecule has 0 saturated carbocycles. The Morgan fingerprint density at radius 1 is 1.32 bits per heavy atom. The molecule has 1 aromatic rings. The van der Waals surface area contributed by atoms with E-state index in [4.69, 9.17) is 14.5 Å². The average Bonchev–Trinajstić information content (AvgIpc) is 2.97. The Labute approximate surface area is 171 Å². The van der Waals surface area contributed by atoms with E-state index in [1.165, 1.54) is 5.56 Å². The summed E-state index contributed by atoms with van der Waals surface area (Å²) in [6, 6.07) is 4.13. The molecule has 6 nitrogen and oxygen atoms in total. The third-order valence-electron chi connectivity index (χ3n) is 4.39. The van der Waals surface area contributed by atoms with Crippen LogP contribution in [0.15, 0.2) is 17.1 Å². The lowest BCUT2D eigenvalue weighted by atomic mass is 10.1. The summed E-state index contributed by atoms with van der Waals surface area (Å²) in [7, 11) is -0.889. The van der Waals surface area contributed by atoms with Gasteiger partial charge in [-0.3, -0.25) is 4.21 Å². The zero-order chi connectivity index (χ0) is 20.7. The smallest absolute Gasteiger partial charge is 0.191 e. The number of hydrogen-bond acceptors (Lipinski definition) is 4. The van der Waals surface area contributed by atoms with E-state index in [1.54, 1.807) is 0 Å². The summed E-state index contributed by atoms with van der Waals surface area (Å²) in [6.45, 7) is 14.5. The fourth-order valence-corrected chi connectivity index (χ4v) is 3.87. The van der Waals surface area contributed by atoms with E-state index in [1.807, 2.05) is 40.7 Å². The Balaban J connectivity index is 2.07. The first-order chi connectivity index (χ1) is 13.2. The highest BCUT2D eigenvalue weighted by Crippen LogP contribution is 2.35. The van der Waals surface area contributed by atoms with E-state index < -0.39 is 10.8 Å². The third kappa shape index (κ3) is 6.40. The number of nitrogens with zero attached hydrogens (tertiary/aromatic N) is 1. The van der Waals surface area contributed by atoms with Crippen molar-refractivity contribution >= 4 is 16.8 Å². The Bertz CT molecular complexity index is 714. The number of hydrogen-bond donors (Lipinski definition) is 2. The Kier molecular flexibility index (Phi) is 8.16. The molecule has 2 N–H and O–H groups in total. The molecule has 0 fully saturated rings. The van der Waals surface area contributed by atoms with Gasteiger partial charge in [0, 0.05) is 51.9 Å². The van der Waals surface area contributed by atoms with Crippen LogP contribution >= 0.6 is 0 Å². The summed E-state index contributed by atoms with van der Waals surface area (Å²) in [5, 5.41) is 6.52. The van der Waals surface area contributed by atoms with Crippen LogP contribution in [0, 0.1) is 0 Å². The zero-order valence-corrected chi connectivity index (χ0v) is 18.9. The molecule has 2 unspecified atom stereocenters. The van der Waals surface area contributed by atoms with Crippen LogP contribution in [0.3, 0.4) is 0 Å². The molecule has 0 saturated heterocycles. The van der Waals surface area contributed by atoms with Crippen LogP contribution in [0.25, 0.3) is 0 Å². The first-order valence-electron chi connectivity index (χ1n) is 10.1. The van der Waals surface area contributed by atoms with E-state index in [0.717, 1.165) is 30.0 Å². The molecule has 0 spiro atoms. The summed E-state index contributed by atoms with van der Waals surface area (Å²) in [4.78, 5) is 4.69. The Hall–Kier alpha value is -1.76. The van der Waals surface area contributed by atoms with Gasteiger partial charge >= 0.3 is 0 Å². The minimum atomic E-state index is -0.889. The largest absolute Gasteiger partial charge is 0.494 e. The SMILES string of the molecule is CCNC(=NCc1cc2c(cc1OCC)CC(C)O2)NCCS(=O)C(C)(C)C. The molecule has 1 aliphatic heterocycles. The van der Waals surface area contributed by atoms with Crippen molar-refractivity contribution in [2.75, 3.05) is 25.4 Å². The highest BCUT2D eigenvalue weighted by molar-refractivity contribution is 7.86. The highest BCUT2D eigenvalue weighted by atomic mass is 32.2. The minimum absolute atomic E-state index is 0.200. The standard InChI is InChI=1S/C21H35N3O3S/c1-7-22-20(23-9-10-28(25)21(4,5)6)24-14-17-13-19-16(11-15(3)27-19)12-18(17)26-8-2/h12-13,15H,7-11,14H2,1-6H3,(H2,22,23,24). The molecule has 1 aromatic carbocycles. The molecule has 0 aromatic heterocycles. The quantitative estimate of drug-likeness (QED) is 0.510. The lowest BCUT2D eigenvalue weighted by molar-refractivity contribution is 0.254. The van der Waals surface area contributed by atoms with Crippen molar-refractivity contribution in [2.45, 2.75) is 65.4 Å². The number of rotatable bonds is 8. The van der Waals surface area contributed by atoms with Gasteiger partial charge in [-0.05, 0) is 53.7 Å². The van der Waals surface area contributed by atoms with Gasteiger partial charge in [0.15, 0.2) is 5.96 Å². The monoisotopic (exact) mass is 409 g/mol. The third-order valence-corrected chi connectivity index (χ3v) is 6.33. The molecule has 1 heterocycles. The lowest BCUT2D eigenvalue weighted by Crippen LogP contribution is -2.40. The predicted molar refractivity (Wildman–Crippen MR) is 117 cm³/mol. The van der Waals surface area contributed by atoms with Gasteiger partial charge in [0.25, 0.3) is 0 Å². The van der Waals surface area contributed by atoms with Crippen molar-refractivity contribution in [3.05, 3.63) is 23.3 Å². The van der Waals surface area contributed by atoms with Crippen LogP contribution in [0.1, 0.15) is 52.7 Å². The van der Waals surface area contributed by atoms with Gasteiger partial charge in [0.2, 0.25) is 0 Å². The number of guanidine groups is 1. The number of nitrogens with one attached hydrogen (secondary N) is 2. The van der Waals surface area contributed by atoms with Crippen LogP contribution in [0.4, 0.5) is 0 Å². The number of aliphatic imine (C=N–C) groups is 1. The molecule has 1 aliphatic rings. The van der Waals surface area contributed by atoms with Crippen LogP contribution in [0.5, 0.6) is 11.5 Å². The van der Waals surface area contributed by atoms with Crippen molar-refractivity contribution in [2.24, 2.45) is 4.99 Å². The van der Waals surface area contributed by atoms with Crippen molar-refractivity contribution in [3.63, 3.8) is 0 Å². The maximum atomic E-state index is 12.2. The first-order valence-corrected chi connectivity index (χ1v) is 11.4. The lowest BCUT2D eigenvalue weighted by Gasteiger charge is -2.18. The van der Waals surface area contributed by atoms with Crippen LogP contribution < -0.4 is 20.1 Å². The van der Waals surface area contributed by atoms with Crippen molar-refractivity contribution in [1.82, 2.24) is 10.6 Å². The van der Waals surface area contributed by atoms with E-state index in [-0.39, 0.29) is 10.9 Å². The Morgan fingerprint density at radius 2 is 2.07 bits per heavy atom. The summed E-state index contributed by atoms with van der Waals surface area (Å²) >= 11 is 0. The molecule has 7 heteroatoms. The number of benzene rings is 1. The molecular weight excluding hydrogens is 374 g/mol. The summed E-state index contributed by atoms with van der Waals surface area (Å²) < 4.78 is 23.7. The topological polar surface area (TPSA) is 72.0 Å². The van der Waals surface area contributed by atoms with Gasteiger partial charge in [0.1, 0.15) is 17.6 Å². The van der Waals surface area contributed by atoms with E-state index in [0.29, 0.717) is 31.4 Å². The van der Waals surface area contributed by atoms with Gasteiger partial charge in [-0.1, -0.05) is 0 Å². The van der Waals surface area contributed by atoms with Gasteiger partial charge in [-0.2, -0.15) is 0 Å². The fraction of sp³-hybridized carbons (Fsp3) is 0.667. The Morgan fingerprint density at radius 3 is 2.71 bits per heavy atom. The molecule has 2 rings (SSSR count). The first kappa shape index (κ1) is 22.5. The van der Waals surface area contributed by atoms with Crippen molar-refractivity contribution in [1.29, 1.82) is 0 Å². The maximum absolute atomic E-state index is 12.2. The van der Waals surface area contributed by atoms with Crippen LogP contribution in [0.2, 0.25) is 0 Å². The second-order valence-electron chi connectivity index (χ2n) is 7.92. The molecule has 0 amide bonds. The highest BCUT2D eigenvalue weighted by Gasteiger charge is 2.22. The predicted octanol–water partition coefficient (Wildman–Crippen LogP) is 3.01. The maximum Gasteiger partial charge on any atom is 0.191 e. The summed E-state index contributed by atoms with van der Waals surface area (Å²) in [5.41, 5.74) is 2.20. The second-order valence-corrected chi connectivity index (χ2v) is 10.2. The van der Waals surface area contributed by atoms with Crippen LogP contribution in [-0.4, -0.2) is 46.5 Å². The molecular formula is C21H35N3O3S. The van der Waals surface area contributed by atoms with Gasteiger partial charge in [-0.15, -0.1) is 0 Å². The van der Waals surface area contributed by atoms with E-state index >= 15 is 0 Å². The summed E-state index contributed by atoms with van der Waals surface area (Å²) in [6.07, 6.45) is 1.11. The molecule has 158 valence electrons. The van der Waals surface area contributed by atoms with E-state index in [2.05, 4.69) is 23.6 Å². The molecule has 0 bridgehead atoms. The molecule has 2 atom stereocenters. The average molecular weight is 410 g/mol. The van der Waals surface area contributed by atoms with Crippen molar-refractivity contribution in [3.8, 4) is 11.5 Å². The molecule has 28 heavy (non-hydrogen) atoms. The summed E-state index contributed by atoms with van der Waals surface area (Å²) in [5.74, 6) is 3.10. The minimum Gasteiger partial charge on any atom is -0.494 e. The fourth-order valence-electron chi connectivity index (χ4n) is 2.97. The zero-order valence-electron chi connectivity index (χ0n) is 18.1. The number of ether oxygens (including phenoxy) is 2. The van der Waals surface area contributed by atoms with Gasteiger partial charge in [0.05, 0.1) is 13.2 Å². The molecule has 0 radical (unpaired) electrons. The van der Waals surface area contributed by atoms with E-state index in [9.17, 15) is 4.21 Å². The van der Waals surface area contributed by atoms with Gasteiger partial charge < -0.3 is 20.1 Å². The molecule has 0 aliphatic carbocycles. The normalized spacial score (nSPS) is 17.6. The van der Waals surface area contributed by atoms with Crippen molar-refractivity contribution < 1.29 is 13.7 Å².